The average molecular weight is 387 g/mol. The van der Waals surface area contributed by atoms with E-state index in [2.05, 4.69) is 9.97 Å². The molecule has 2 aromatic heterocycles. The van der Waals surface area contributed by atoms with E-state index in [1.807, 2.05) is 30.3 Å². The van der Waals surface area contributed by atoms with Crippen LogP contribution in [0.4, 0.5) is 0 Å². The normalized spacial score (nSPS) is 12.8. The fourth-order valence-electron chi connectivity index (χ4n) is 2.70. The number of carbonyl (C=O) groups is 1. The first-order valence-electron chi connectivity index (χ1n) is 8.19. The van der Waals surface area contributed by atoms with Gasteiger partial charge in [-0.25, -0.2) is 4.98 Å². The van der Waals surface area contributed by atoms with Gasteiger partial charge < -0.3 is 9.47 Å². The molecule has 0 amide bonds. The summed E-state index contributed by atoms with van der Waals surface area (Å²) < 4.78 is 11.1. The van der Waals surface area contributed by atoms with E-state index in [9.17, 15) is 4.79 Å². The van der Waals surface area contributed by atoms with Gasteiger partial charge in [-0.15, -0.1) is 11.3 Å². The van der Waals surface area contributed by atoms with Crippen LogP contribution < -0.4 is 9.47 Å². The maximum Gasteiger partial charge on any atom is 0.176 e. The molecule has 1 aliphatic heterocycles. The summed E-state index contributed by atoms with van der Waals surface area (Å²) in [5, 5.41) is 0.951. The quantitative estimate of drug-likeness (QED) is 0.606. The predicted molar refractivity (Wildman–Crippen MR) is 100 cm³/mol. The maximum absolute atomic E-state index is 12.6. The lowest BCUT2D eigenvalue weighted by Crippen LogP contribution is -2.15. The number of carbonyl (C=O) groups excluding carboxylic acids is 1. The first-order chi connectivity index (χ1) is 12.7. The number of ether oxygens (including phenoxy) is 2. The van der Waals surface area contributed by atoms with Gasteiger partial charge in [-0.1, -0.05) is 17.7 Å². The van der Waals surface area contributed by atoms with Gasteiger partial charge in [0, 0.05) is 24.4 Å². The van der Waals surface area contributed by atoms with Crippen LogP contribution in [0.5, 0.6) is 11.5 Å². The maximum atomic E-state index is 12.6. The zero-order valence-corrected chi connectivity index (χ0v) is 15.3. The van der Waals surface area contributed by atoms with Crippen LogP contribution in [-0.2, 0) is 6.42 Å². The molecule has 0 N–H and O–H groups in total. The Balaban J connectivity index is 1.46. The van der Waals surface area contributed by atoms with Crippen molar-refractivity contribution in [1.82, 2.24) is 9.97 Å². The van der Waals surface area contributed by atoms with E-state index in [0.717, 1.165) is 22.6 Å². The molecule has 3 heterocycles. The van der Waals surface area contributed by atoms with Crippen LogP contribution in [-0.4, -0.2) is 29.0 Å². The number of hydrogen-bond acceptors (Lipinski definition) is 6. The number of aromatic nitrogens is 2. The molecule has 0 aliphatic carbocycles. The van der Waals surface area contributed by atoms with Crippen LogP contribution in [0.3, 0.4) is 0 Å². The summed E-state index contributed by atoms with van der Waals surface area (Å²) in [7, 11) is 0. The van der Waals surface area contributed by atoms with Crippen molar-refractivity contribution in [3.8, 4) is 22.1 Å². The van der Waals surface area contributed by atoms with Crippen molar-refractivity contribution in [3.05, 3.63) is 58.3 Å². The van der Waals surface area contributed by atoms with Gasteiger partial charge in [-0.2, -0.15) is 0 Å². The third kappa shape index (κ3) is 3.57. The SMILES string of the molecule is O=C(CCc1ccc2c(c1)OCCO2)c1sc(-c2cccnc2)nc1Cl. The van der Waals surface area contributed by atoms with Gasteiger partial charge in [0.15, 0.2) is 22.4 Å². The second kappa shape index (κ2) is 7.43. The minimum Gasteiger partial charge on any atom is -0.486 e. The van der Waals surface area contributed by atoms with Crippen molar-refractivity contribution in [2.75, 3.05) is 13.2 Å². The first kappa shape index (κ1) is 17.0. The highest BCUT2D eigenvalue weighted by Gasteiger charge is 2.18. The Morgan fingerprint density at radius 3 is 2.85 bits per heavy atom. The molecule has 0 saturated carbocycles. The number of hydrogen-bond donors (Lipinski definition) is 0. The number of pyridine rings is 1. The van der Waals surface area contributed by atoms with Crippen LogP contribution in [0.2, 0.25) is 5.15 Å². The second-order valence-electron chi connectivity index (χ2n) is 5.78. The fourth-order valence-corrected chi connectivity index (χ4v) is 3.97. The smallest absolute Gasteiger partial charge is 0.176 e. The number of nitrogens with zero attached hydrogens (tertiary/aromatic N) is 2. The second-order valence-corrected chi connectivity index (χ2v) is 7.14. The van der Waals surface area contributed by atoms with Crippen molar-refractivity contribution in [3.63, 3.8) is 0 Å². The van der Waals surface area contributed by atoms with Crippen molar-refractivity contribution in [2.24, 2.45) is 0 Å². The molecule has 5 nitrogen and oxygen atoms in total. The lowest BCUT2D eigenvalue weighted by Gasteiger charge is -2.18. The van der Waals surface area contributed by atoms with E-state index in [1.165, 1.54) is 11.3 Å². The summed E-state index contributed by atoms with van der Waals surface area (Å²) in [6.45, 7) is 1.11. The first-order valence-corrected chi connectivity index (χ1v) is 9.38. The van der Waals surface area contributed by atoms with Crippen molar-refractivity contribution in [2.45, 2.75) is 12.8 Å². The molecule has 0 saturated heterocycles. The summed E-state index contributed by atoms with van der Waals surface area (Å²) in [4.78, 5) is 21.4. The van der Waals surface area contributed by atoms with E-state index in [0.29, 0.717) is 35.9 Å². The molecular formula is C19H15ClN2O3S. The van der Waals surface area contributed by atoms with Gasteiger partial charge in [-0.05, 0) is 36.2 Å². The minimum absolute atomic E-state index is 0.0162. The Labute approximate surface area is 159 Å². The molecule has 1 aromatic carbocycles. The van der Waals surface area contributed by atoms with E-state index >= 15 is 0 Å². The summed E-state index contributed by atoms with van der Waals surface area (Å²) in [5.74, 6) is 1.46. The Morgan fingerprint density at radius 1 is 1.19 bits per heavy atom. The molecule has 0 radical (unpaired) electrons. The van der Waals surface area contributed by atoms with Gasteiger partial charge in [0.05, 0.1) is 0 Å². The molecule has 0 atom stereocenters. The van der Waals surface area contributed by atoms with Gasteiger partial charge in [-0.3, -0.25) is 9.78 Å². The van der Waals surface area contributed by atoms with E-state index in [-0.39, 0.29) is 10.9 Å². The number of ketones is 1. The number of benzene rings is 1. The topological polar surface area (TPSA) is 61.3 Å². The van der Waals surface area contributed by atoms with Crippen LogP contribution >= 0.6 is 22.9 Å². The summed E-state index contributed by atoms with van der Waals surface area (Å²) in [5.41, 5.74) is 1.88. The van der Waals surface area contributed by atoms with Gasteiger partial charge in [0.25, 0.3) is 0 Å². The molecule has 0 fully saturated rings. The third-order valence-electron chi connectivity index (χ3n) is 3.99. The highest BCUT2D eigenvalue weighted by atomic mass is 35.5. The highest BCUT2D eigenvalue weighted by molar-refractivity contribution is 7.17. The fraction of sp³-hybridized carbons (Fsp3) is 0.211. The molecule has 26 heavy (non-hydrogen) atoms. The predicted octanol–water partition coefficient (Wildman–Crippen LogP) is 4.45. The lowest BCUT2D eigenvalue weighted by atomic mass is 10.1. The third-order valence-corrected chi connectivity index (χ3v) is 5.53. The number of fused-ring (bicyclic) bond motifs is 1. The van der Waals surface area contributed by atoms with E-state index in [4.69, 9.17) is 21.1 Å². The Hall–Kier alpha value is -2.44. The molecule has 7 heteroatoms. The number of Topliss-reactive ketones (excluding diaryl/α,β-unsaturated/α-hetero) is 1. The van der Waals surface area contributed by atoms with E-state index in [1.54, 1.807) is 12.4 Å². The lowest BCUT2D eigenvalue weighted by molar-refractivity contribution is 0.0986. The van der Waals surface area contributed by atoms with Crippen molar-refractivity contribution >= 4 is 28.7 Å². The Kier molecular flexibility index (Phi) is 4.86. The molecule has 0 spiro atoms. The van der Waals surface area contributed by atoms with E-state index < -0.39 is 0 Å². The van der Waals surface area contributed by atoms with Crippen LogP contribution in [0.15, 0.2) is 42.7 Å². The molecular weight excluding hydrogens is 372 g/mol. The van der Waals surface area contributed by atoms with Gasteiger partial charge in [0.2, 0.25) is 0 Å². The zero-order chi connectivity index (χ0) is 17.9. The van der Waals surface area contributed by atoms with Crippen molar-refractivity contribution < 1.29 is 14.3 Å². The number of thiazole rings is 1. The Morgan fingerprint density at radius 2 is 2.04 bits per heavy atom. The molecule has 4 rings (SSSR count). The monoisotopic (exact) mass is 386 g/mol. The molecule has 0 unspecified atom stereocenters. The Bertz CT molecular complexity index is 943. The average Bonchev–Trinajstić information content (AvgIpc) is 3.08. The summed E-state index contributed by atoms with van der Waals surface area (Å²) >= 11 is 7.49. The number of rotatable bonds is 5. The van der Waals surface area contributed by atoms with Gasteiger partial charge >= 0.3 is 0 Å². The summed E-state index contributed by atoms with van der Waals surface area (Å²) in [6.07, 6.45) is 4.36. The van der Waals surface area contributed by atoms with Crippen LogP contribution in [0, 0.1) is 0 Å². The van der Waals surface area contributed by atoms with Crippen LogP contribution in [0.25, 0.3) is 10.6 Å². The largest absolute Gasteiger partial charge is 0.486 e. The molecule has 0 bridgehead atoms. The highest BCUT2D eigenvalue weighted by Crippen LogP contribution is 2.33. The zero-order valence-electron chi connectivity index (χ0n) is 13.8. The molecule has 3 aromatic rings. The number of halogens is 1. The van der Waals surface area contributed by atoms with Crippen molar-refractivity contribution in [1.29, 1.82) is 0 Å². The number of aryl methyl sites for hydroxylation is 1. The standard InChI is InChI=1S/C19H15ClN2O3S/c20-18-17(26-19(22-18)13-2-1-7-21-11-13)14(23)5-3-12-4-6-15-16(10-12)25-9-8-24-15/h1-2,4,6-7,10-11H,3,5,8-9H2. The molecule has 132 valence electrons. The summed E-state index contributed by atoms with van der Waals surface area (Å²) in [6, 6.07) is 9.49. The van der Waals surface area contributed by atoms with Crippen LogP contribution in [0.1, 0.15) is 21.7 Å². The van der Waals surface area contributed by atoms with Gasteiger partial charge in [0.1, 0.15) is 23.1 Å². The minimum atomic E-state index is -0.0162. The molecule has 1 aliphatic rings.